The largest absolute Gasteiger partial charge is 0.492 e. The first-order chi connectivity index (χ1) is 15.3. The van der Waals surface area contributed by atoms with Gasteiger partial charge in [-0.05, 0) is 69.0 Å². The number of ether oxygens (including phenoxy) is 1. The lowest BCUT2D eigenvalue weighted by molar-refractivity contribution is -0.132. The van der Waals surface area contributed by atoms with E-state index in [2.05, 4.69) is 23.2 Å². The second-order valence-electron chi connectivity index (χ2n) is 9.26. The minimum atomic E-state index is -0.0329. The van der Waals surface area contributed by atoms with Gasteiger partial charge < -0.3 is 15.0 Å². The van der Waals surface area contributed by atoms with Gasteiger partial charge in [0.25, 0.3) is 0 Å². The summed E-state index contributed by atoms with van der Waals surface area (Å²) in [7, 11) is 1.89. The van der Waals surface area contributed by atoms with Crippen LogP contribution in [0, 0.1) is 18.3 Å². The maximum Gasteiger partial charge on any atom is 0.226 e. The molecular formula is C25H33N3O3S. The first-order valence-corrected chi connectivity index (χ1v) is 12.2. The summed E-state index contributed by atoms with van der Waals surface area (Å²) in [5, 5.41) is 3.76. The normalized spacial score (nSPS) is 19.5. The van der Waals surface area contributed by atoms with E-state index in [9.17, 15) is 9.59 Å². The van der Waals surface area contributed by atoms with Crippen molar-refractivity contribution in [2.45, 2.75) is 39.7 Å². The number of rotatable bonds is 8. The molecule has 2 amide bonds. The van der Waals surface area contributed by atoms with Crippen LogP contribution >= 0.6 is 11.3 Å². The molecule has 1 aliphatic heterocycles. The van der Waals surface area contributed by atoms with Crippen LogP contribution in [0.2, 0.25) is 0 Å². The van der Waals surface area contributed by atoms with Crippen molar-refractivity contribution in [3.8, 4) is 5.75 Å². The molecule has 1 spiro atoms. The van der Waals surface area contributed by atoms with E-state index in [4.69, 9.17) is 4.74 Å². The summed E-state index contributed by atoms with van der Waals surface area (Å²) in [5.41, 5.74) is 1.41. The highest BCUT2D eigenvalue weighted by atomic mass is 32.1. The van der Waals surface area contributed by atoms with Crippen LogP contribution in [0.15, 0.2) is 36.4 Å². The zero-order valence-corrected chi connectivity index (χ0v) is 20.0. The number of piperidine rings is 1. The Bertz CT molecular complexity index is 948. The Kier molecular flexibility index (Phi) is 6.86. The van der Waals surface area contributed by atoms with Crippen LogP contribution in [0.3, 0.4) is 0 Å². The van der Waals surface area contributed by atoms with Gasteiger partial charge in [0.05, 0.1) is 11.5 Å². The van der Waals surface area contributed by atoms with E-state index in [1.807, 2.05) is 42.3 Å². The van der Waals surface area contributed by atoms with E-state index in [1.165, 1.54) is 17.4 Å². The number of anilines is 1. The summed E-state index contributed by atoms with van der Waals surface area (Å²) in [6.07, 6.45) is 3.19. The topological polar surface area (TPSA) is 61.9 Å². The van der Waals surface area contributed by atoms with Crippen molar-refractivity contribution in [1.82, 2.24) is 9.80 Å². The first kappa shape index (κ1) is 22.8. The molecule has 2 fully saturated rings. The van der Waals surface area contributed by atoms with Gasteiger partial charge in [-0.25, -0.2) is 0 Å². The predicted molar refractivity (Wildman–Crippen MR) is 128 cm³/mol. The number of carbonyl (C=O) groups is 2. The molecule has 1 aromatic heterocycles. The Morgan fingerprint density at radius 3 is 2.59 bits per heavy atom. The molecule has 1 aromatic carbocycles. The molecule has 6 nitrogen and oxygen atoms in total. The molecule has 0 radical (unpaired) electrons. The molecule has 172 valence electrons. The van der Waals surface area contributed by atoms with E-state index in [0.29, 0.717) is 13.2 Å². The molecule has 1 N–H and O–H groups in total. The number of carbonyl (C=O) groups excluding carboxylic acids is 2. The highest BCUT2D eigenvalue weighted by molar-refractivity contribution is 7.16. The standard InChI is InChI=1S/C25H33N3O3S/c1-18-4-6-20(7-5-18)31-15-14-27(3)24(30)22-16-25(22)10-12-28(13-11-25)17-21-8-9-23(32-21)26-19(2)29/h4-9,22H,10-17H2,1-3H3,(H,26,29)/t22-/m1/s1. The summed E-state index contributed by atoms with van der Waals surface area (Å²) >= 11 is 1.64. The Balaban J connectivity index is 1.19. The molecule has 1 saturated carbocycles. The van der Waals surface area contributed by atoms with Crippen molar-refractivity contribution >= 4 is 28.2 Å². The smallest absolute Gasteiger partial charge is 0.226 e. The Labute approximate surface area is 194 Å². The fraction of sp³-hybridized carbons (Fsp3) is 0.520. The molecule has 2 aromatic rings. The molecule has 1 aliphatic carbocycles. The van der Waals surface area contributed by atoms with Crippen molar-refractivity contribution in [1.29, 1.82) is 0 Å². The van der Waals surface area contributed by atoms with Crippen molar-refractivity contribution in [2.75, 3.05) is 38.6 Å². The van der Waals surface area contributed by atoms with Gasteiger partial charge in [0.15, 0.2) is 0 Å². The molecule has 1 atom stereocenters. The summed E-state index contributed by atoms with van der Waals surface area (Å²) in [6, 6.07) is 12.1. The number of thiophene rings is 1. The van der Waals surface area contributed by atoms with Gasteiger partial charge >= 0.3 is 0 Å². The number of aryl methyl sites for hydroxylation is 1. The van der Waals surface area contributed by atoms with Gasteiger partial charge in [0.2, 0.25) is 11.8 Å². The van der Waals surface area contributed by atoms with E-state index in [-0.39, 0.29) is 23.1 Å². The van der Waals surface area contributed by atoms with Gasteiger partial charge in [-0.15, -0.1) is 11.3 Å². The number of amides is 2. The van der Waals surface area contributed by atoms with Gasteiger partial charge in [-0.3, -0.25) is 14.5 Å². The van der Waals surface area contributed by atoms with E-state index in [0.717, 1.165) is 49.6 Å². The fourth-order valence-electron chi connectivity index (χ4n) is 4.64. The molecule has 0 bridgehead atoms. The second kappa shape index (κ2) is 9.63. The monoisotopic (exact) mass is 455 g/mol. The van der Waals surface area contributed by atoms with Crippen molar-refractivity contribution in [2.24, 2.45) is 11.3 Å². The van der Waals surface area contributed by atoms with Crippen LogP contribution in [-0.4, -0.2) is 54.9 Å². The van der Waals surface area contributed by atoms with Gasteiger partial charge in [-0.1, -0.05) is 17.7 Å². The van der Waals surface area contributed by atoms with Crippen LogP contribution in [0.4, 0.5) is 5.00 Å². The third-order valence-electron chi connectivity index (χ3n) is 6.77. The van der Waals surface area contributed by atoms with Crippen molar-refractivity contribution in [3.05, 3.63) is 46.8 Å². The average molecular weight is 456 g/mol. The molecule has 2 aliphatic rings. The third-order valence-corrected chi connectivity index (χ3v) is 7.76. The maximum atomic E-state index is 13.0. The fourth-order valence-corrected chi connectivity index (χ4v) is 5.64. The first-order valence-electron chi connectivity index (χ1n) is 11.4. The van der Waals surface area contributed by atoms with Gasteiger partial charge in [0.1, 0.15) is 12.4 Å². The Hall–Kier alpha value is -2.38. The molecular weight excluding hydrogens is 422 g/mol. The molecule has 2 heterocycles. The molecule has 32 heavy (non-hydrogen) atoms. The third kappa shape index (κ3) is 5.51. The van der Waals surface area contributed by atoms with Gasteiger partial charge in [0, 0.05) is 31.3 Å². The number of nitrogens with zero attached hydrogens (tertiary/aromatic N) is 2. The Morgan fingerprint density at radius 1 is 1.19 bits per heavy atom. The van der Waals surface area contributed by atoms with Crippen LogP contribution < -0.4 is 10.1 Å². The SMILES string of the molecule is CC(=O)Nc1ccc(CN2CCC3(CC2)C[C@@H]3C(=O)N(C)CCOc2ccc(C)cc2)s1. The number of likely N-dealkylation sites (N-methyl/N-ethyl adjacent to an activating group) is 1. The number of nitrogens with one attached hydrogen (secondary N) is 1. The second-order valence-corrected chi connectivity index (χ2v) is 10.4. The zero-order valence-electron chi connectivity index (χ0n) is 19.2. The quantitative estimate of drug-likeness (QED) is 0.649. The Morgan fingerprint density at radius 2 is 1.91 bits per heavy atom. The number of benzene rings is 1. The van der Waals surface area contributed by atoms with Crippen LogP contribution in [-0.2, 0) is 16.1 Å². The number of likely N-dealkylation sites (tertiary alicyclic amines) is 1. The lowest BCUT2D eigenvalue weighted by Gasteiger charge is -2.33. The summed E-state index contributed by atoms with van der Waals surface area (Å²) in [4.78, 5) is 29.7. The average Bonchev–Trinajstić information content (AvgIpc) is 3.29. The summed E-state index contributed by atoms with van der Waals surface area (Å²) < 4.78 is 5.79. The van der Waals surface area contributed by atoms with Crippen LogP contribution in [0.1, 0.15) is 36.6 Å². The van der Waals surface area contributed by atoms with E-state index >= 15 is 0 Å². The predicted octanol–water partition coefficient (Wildman–Crippen LogP) is 4.15. The molecule has 0 unspecified atom stereocenters. The summed E-state index contributed by atoms with van der Waals surface area (Å²) in [6.45, 7) is 7.67. The van der Waals surface area contributed by atoms with Gasteiger partial charge in [-0.2, -0.15) is 0 Å². The summed E-state index contributed by atoms with van der Waals surface area (Å²) in [5.74, 6) is 1.25. The minimum Gasteiger partial charge on any atom is -0.492 e. The zero-order chi connectivity index (χ0) is 22.7. The van der Waals surface area contributed by atoms with Crippen molar-refractivity contribution in [3.63, 3.8) is 0 Å². The van der Waals surface area contributed by atoms with Crippen LogP contribution in [0.5, 0.6) is 5.75 Å². The minimum absolute atomic E-state index is 0.0329. The number of hydrogen-bond donors (Lipinski definition) is 1. The highest BCUT2D eigenvalue weighted by Gasteiger charge is 2.58. The van der Waals surface area contributed by atoms with Crippen molar-refractivity contribution < 1.29 is 14.3 Å². The highest BCUT2D eigenvalue weighted by Crippen LogP contribution is 2.60. The lowest BCUT2D eigenvalue weighted by atomic mass is 9.90. The lowest BCUT2D eigenvalue weighted by Crippen LogP contribution is -2.38. The molecule has 1 saturated heterocycles. The molecule has 4 rings (SSSR count). The maximum absolute atomic E-state index is 13.0. The van der Waals surface area contributed by atoms with E-state index < -0.39 is 0 Å². The number of hydrogen-bond acceptors (Lipinski definition) is 5. The van der Waals surface area contributed by atoms with Crippen LogP contribution in [0.25, 0.3) is 0 Å². The van der Waals surface area contributed by atoms with E-state index in [1.54, 1.807) is 11.3 Å². The molecule has 7 heteroatoms.